The maximum Gasteiger partial charge on any atom is 0.312 e. The first-order valence-electron chi connectivity index (χ1n) is 9.46. The Hall–Kier alpha value is -0.902. The molecule has 0 bridgehead atoms. The quantitative estimate of drug-likeness (QED) is 0.273. The zero-order valence-electron chi connectivity index (χ0n) is 17.9. The maximum absolute atomic E-state index is 6.71. The molecule has 0 fully saturated rings. The summed E-state index contributed by atoms with van der Waals surface area (Å²) in [5, 5.41) is 2.47. The van der Waals surface area contributed by atoms with Crippen molar-refractivity contribution < 1.29 is 12.3 Å². The third-order valence-corrected chi connectivity index (χ3v) is 19.6. The third-order valence-electron chi connectivity index (χ3n) is 4.32. The standard InChI is InChI=1S/C20H33O3Si4/c1-24(2,19-15-11-9-10-12-16-19)21-26(5,6)23-27(7,8)22-25(3,4)20-17-13-14-18-20/h9-17H,1-8H3/q-1. The van der Waals surface area contributed by atoms with Crippen LogP contribution < -0.4 is 0 Å². The largest absolute Gasteiger partial charge is 0.443 e. The van der Waals surface area contributed by atoms with E-state index >= 15 is 0 Å². The molecule has 0 amide bonds. The Bertz CT molecular complexity index is 749. The topological polar surface area (TPSA) is 27.7 Å². The second-order valence-electron chi connectivity index (χ2n) is 8.77. The van der Waals surface area contributed by atoms with E-state index in [1.54, 1.807) is 0 Å². The van der Waals surface area contributed by atoms with Crippen LogP contribution >= 0.6 is 0 Å². The molecule has 0 aromatic rings. The Kier molecular flexibility index (Phi) is 6.82. The lowest BCUT2D eigenvalue weighted by Gasteiger charge is -2.42. The summed E-state index contributed by atoms with van der Waals surface area (Å²) >= 11 is 0. The van der Waals surface area contributed by atoms with Crippen LogP contribution in [0.3, 0.4) is 0 Å². The van der Waals surface area contributed by atoms with E-state index in [0.717, 1.165) is 0 Å². The van der Waals surface area contributed by atoms with E-state index in [4.69, 9.17) is 12.3 Å². The molecule has 2 rings (SSSR count). The fraction of sp³-hybridized carbons (Fsp3) is 0.400. The SMILES string of the molecule is C[Si](C)(O[Si](C)(C)O[Si](C)(C)C1=C[CH-]C=CC=C1)O[Si](C)(C)C1=C=CC=C1. The zero-order chi connectivity index (χ0) is 20.3. The molecule has 2 aliphatic rings. The lowest BCUT2D eigenvalue weighted by molar-refractivity contribution is 0.332. The van der Waals surface area contributed by atoms with Gasteiger partial charge in [0.2, 0.25) is 8.32 Å². The van der Waals surface area contributed by atoms with Crippen LogP contribution in [-0.4, -0.2) is 33.8 Å². The van der Waals surface area contributed by atoms with Crippen LogP contribution in [-0.2, 0) is 12.3 Å². The normalized spacial score (nSPS) is 17.6. The molecule has 0 unspecified atom stereocenters. The highest BCUT2D eigenvalue weighted by Gasteiger charge is 2.44. The summed E-state index contributed by atoms with van der Waals surface area (Å²) in [6.45, 7) is 17.5. The van der Waals surface area contributed by atoms with Crippen molar-refractivity contribution in [2.45, 2.75) is 52.4 Å². The Morgan fingerprint density at radius 1 is 0.741 bits per heavy atom. The Morgan fingerprint density at radius 3 is 1.96 bits per heavy atom. The van der Waals surface area contributed by atoms with Gasteiger partial charge in [-0.1, -0.05) is 25.2 Å². The number of rotatable bonds is 8. The van der Waals surface area contributed by atoms with Gasteiger partial charge in [-0.3, -0.25) is 0 Å². The summed E-state index contributed by atoms with van der Waals surface area (Å²) in [4.78, 5) is 0. The number of hydrogen-bond acceptors (Lipinski definition) is 3. The van der Waals surface area contributed by atoms with Crippen LogP contribution in [0.2, 0.25) is 52.4 Å². The van der Waals surface area contributed by atoms with Gasteiger partial charge >= 0.3 is 17.1 Å². The smallest absolute Gasteiger partial charge is 0.312 e. The molecule has 148 valence electrons. The van der Waals surface area contributed by atoms with E-state index in [2.05, 4.69) is 88.8 Å². The van der Waals surface area contributed by atoms with Crippen molar-refractivity contribution in [3.8, 4) is 0 Å². The van der Waals surface area contributed by atoms with Gasteiger partial charge in [-0.25, -0.2) is 0 Å². The summed E-state index contributed by atoms with van der Waals surface area (Å²) in [6, 6.07) is 0. The second kappa shape index (κ2) is 8.22. The van der Waals surface area contributed by atoms with Gasteiger partial charge < -0.3 is 12.3 Å². The van der Waals surface area contributed by atoms with Crippen LogP contribution in [0.25, 0.3) is 0 Å². The molecule has 0 heterocycles. The van der Waals surface area contributed by atoms with E-state index in [1.165, 1.54) is 10.4 Å². The lowest BCUT2D eigenvalue weighted by Crippen LogP contribution is -2.57. The van der Waals surface area contributed by atoms with Gasteiger partial charge in [0.25, 0.3) is 0 Å². The van der Waals surface area contributed by atoms with Crippen molar-refractivity contribution in [1.29, 1.82) is 0 Å². The molecule has 7 heteroatoms. The number of allylic oxidation sites excluding steroid dienone is 9. The van der Waals surface area contributed by atoms with Crippen molar-refractivity contribution in [3.63, 3.8) is 0 Å². The third kappa shape index (κ3) is 6.58. The van der Waals surface area contributed by atoms with Crippen LogP contribution in [0.4, 0.5) is 0 Å². The molecule has 3 nitrogen and oxygen atoms in total. The van der Waals surface area contributed by atoms with Gasteiger partial charge in [-0.2, -0.15) is 24.6 Å². The first-order valence-corrected chi connectivity index (χ1v) is 20.9. The van der Waals surface area contributed by atoms with Crippen LogP contribution in [0.15, 0.2) is 64.7 Å². The molecular formula is C20H33O3Si4-. The molecule has 0 aliphatic heterocycles. The minimum absolute atomic E-state index is 1.19. The van der Waals surface area contributed by atoms with E-state index in [9.17, 15) is 0 Å². The molecular weight excluding hydrogens is 401 g/mol. The predicted molar refractivity (Wildman–Crippen MR) is 125 cm³/mol. The zero-order valence-corrected chi connectivity index (χ0v) is 21.9. The molecule has 0 aromatic carbocycles. The average Bonchev–Trinajstić information content (AvgIpc) is 2.86. The highest BCUT2D eigenvalue weighted by Crippen LogP contribution is 2.30. The average molecular weight is 434 g/mol. The van der Waals surface area contributed by atoms with Gasteiger partial charge in [0.05, 0.1) is 0 Å². The predicted octanol–water partition coefficient (Wildman–Crippen LogP) is 5.84. The minimum atomic E-state index is -2.36. The van der Waals surface area contributed by atoms with Crippen LogP contribution in [0, 0.1) is 6.42 Å². The van der Waals surface area contributed by atoms with E-state index in [0.29, 0.717) is 0 Å². The lowest BCUT2D eigenvalue weighted by atomic mass is 10.4. The molecule has 27 heavy (non-hydrogen) atoms. The molecule has 0 radical (unpaired) electrons. The highest BCUT2D eigenvalue weighted by molar-refractivity contribution is 6.92. The molecule has 0 saturated carbocycles. The Morgan fingerprint density at radius 2 is 1.37 bits per heavy atom. The maximum atomic E-state index is 6.71. The summed E-state index contributed by atoms with van der Waals surface area (Å²) < 4.78 is 20.0. The van der Waals surface area contributed by atoms with E-state index < -0.39 is 33.8 Å². The fourth-order valence-corrected chi connectivity index (χ4v) is 22.1. The Balaban J connectivity index is 2.08. The molecule has 0 atom stereocenters. The van der Waals surface area contributed by atoms with Crippen molar-refractivity contribution in [2.24, 2.45) is 0 Å². The second-order valence-corrected chi connectivity index (χ2v) is 24.0. The van der Waals surface area contributed by atoms with Gasteiger partial charge in [0.15, 0.2) is 0 Å². The fourth-order valence-electron chi connectivity index (χ4n) is 3.58. The summed E-state index contributed by atoms with van der Waals surface area (Å²) in [5.74, 6) is 0. The highest BCUT2D eigenvalue weighted by atomic mass is 28.5. The summed E-state index contributed by atoms with van der Waals surface area (Å²) in [5.41, 5.74) is 3.32. The van der Waals surface area contributed by atoms with E-state index in [-0.39, 0.29) is 0 Å². The van der Waals surface area contributed by atoms with Crippen molar-refractivity contribution in [1.82, 2.24) is 0 Å². The summed E-state index contributed by atoms with van der Waals surface area (Å²) in [6.07, 6.45) is 18.7. The van der Waals surface area contributed by atoms with Gasteiger partial charge in [-0.05, 0) is 45.4 Å². The van der Waals surface area contributed by atoms with Gasteiger partial charge in [-0.15, -0.1) is 23.1 Å². The first kappa shape index (κ1) is 22.4. The van der Waals surface area contributed by atoms with Crippen molar-refractivity contribution >= 4 is 33.8 Å². The van der Waals surface area contributed by atoms with Crippen molar-refractivity contribution in [3.05, 3.63) is 71.2 Å². The van der Waals surface area contributed by atoms with E-state index in [1.807, 2.05) is 24.3 Å². The van der Waals surface area contributed by atoms with Gasteiger partial charge in [0, 0.05) is 5.20 Å². The first-order chi connectivity index (χ1) is 12.3. The van der Waals surface area contributed by atoms with Crippen LogP contribution in [0.5, 0.6) is 0 Å². The summed E-state index contributed by atoms with van der Waals surface area (Å²) in [7, 11) is -8.81. The monoisotopic (exact) mass is 433 g/mol. The Labute approximate surface area is 169 Å². The molecule has 0 saturated heterocycles. The number of hydrogen-bond donors (Lipinski definition) is 0. The molecule has 0 N–H and O–H groups in total. The van der Waals surface area contributed by atoms with Crippen LogP contribution in [0.1, 0.15) is 0 Å². The molecule has 0 spiro atoms. The van der Waals surface area contributed by atoms with Crippen molar-refractivity contribution in [2.75, 3.05) is 0 Å². The van der Waals surface area contributed by atoms with Gasteiger partial charge in [0.1, 0.15) is 8.32 Å². The molecule has 0 aromatic heterocycles. The minimum Gasteiger partial charge on any atom is -0.443 e. The molecule has 2 aliphatic carbocycles.